The molecular weight excluding hydrogens is 316 g/mol. The van der Waals surface area contributed by atoms with Crippen LogP contribution in [0.1, 0.15) is 59.3 Å². The molecule has 1 unspecified atom stereocenters. The molecule has 0 aromatic rings. The minimum atomic E-state index is -0.192. The van der Waals surface area contributed by atoms with E-state index in [1.165, 1.54) is 0 Å². The van der Waals surface area contributed by atoms with Gasteiger partial charge in [0, 0.05) is 37.3 Å². The minimum Gasteiger partial charge on any atom is -0.353 e. The van der Waals surface area contributed by atoms with Crippen LogP contribution in [0.25, 0.3) is 0 Å². The maximum atomic E-state index is 12.4. The molecule has 0 aromatic heterocycles. The molecule has 25 heavy (non-hydrogen) atoms. The Morgan fingerprint density at radius 3 is 2.24 bits per heavy atom. The van der Waals surface area contributed by atoms with Gasteiger partial charge in [-0.1, -0.05) is 0 Å². The van der Waals surface area contributed by atoms with Crippen molar-refractivity contribution in [2.24, 2.45) is 5.92 Å². The quantitative estimate of drug-likeness (QED) is 0.818. The van der Waals surface area contributed by atoms with Crippen LogP contribution in [0.2, 0.25) is 0 Å². The van der Waals surface area contributed by atoms with E-state index >= 15 is 0 Å². The molecule has 2 N–H and O–H groups in total. The van der Waals surface area contributed by atoms with E-state index < -0.39 is 0 Å². The summed E-state index contributed by atoms with van der Waals surface area (Å²) in [5.74, 6) is 0.408. The molecule has 3 amide bonds. The third-order valence-electron chi connectivity index (χ3n) is 5.50. The van der Waals surface area contributed by atoms with Crippen molar-refractivity contribution in [2.45, 2.75) is 76.9 Å². The first-order valence-electron chi connectivity index (χ1n) is 9.93. The number of carbonyl (C=O) groups is 2. The normalized spacial score (nSPS) is 26.4. The summed E-state index contributed by atoms with van der Waals surface area (Å²) >= 11 is 0. The Kier molecular flexibility index (Phi) is 5.56. The third-order valence-corrected chi connectivity index (χ3v) is 5.50. The molecule has 0 radical (unpaired) electrons. The van der Waals surface area contributed by atoms with Crippen LogP contribution in [0.4, 0.5) is 4.79 Å². The van der Waals surface area contributed by atoms with Crippen LogP contribution in [0.3, 0.4) is 0 Å². The molecule has 0 spiro atoms. The average Bonchev–Trinajstić information content (AvgIpc) is 3.37. The number of nitrogens with zero attached hydrogens (tertiary/aromatic N) is 2. The summed E-state index contributed by atoms with van der Waals surface area (Å²) in [5, 5.41) is 6.21. The van der Waals surface area contributed by atoms with Crippen LogP contribution in [-0.2, 0) is 4.79 Å². The van der Waals surface area contributed by atoms with Crippen LogP contribution in [0, 0.1) is 5.92 Å². The van der Waals surface area contributed by atoms with Crippen LogP contribution >= 0.6 is 0 Å². The molecule has 3 fully saturated rings. The Hall–Kier alpha value is -1.30. The van der Waals surface area contributed by atoms with Crippen LogP contribution < -0.4 is 10.6 Å². The number of amides is 3. The minimum absolute atomic E-state index is 0.0475. The molecule has 6 heteroatoms. The van der Waals surface area contributed by atoms with Gasteiger partial charge in [0.05, 0.1) is 5.92 Å². The molecule has 142 valence electrons. The van der Waals surface area contributed by atoms with Crippen molar-refractivity contribution in [3.05, 3.63) is 0 Å². The van der Waals surface area contributed by atoms with E-state index in [0.29, 0.717) is 12.1 Å². The van der Waals surface area contributed by atoms with Crippen molar-refractivity contribution >= 4 is 11.9 Å². The molecule has 0 aromatic carbocycles. The molecule has 1 atom stereocenters. The van der Waals surface area contributed by atoms with E-state index in [1.54, 1.807) is 0 Å². The summed E-state index contributed by atoms with van der Waals surface area (Å²) in [4.78, 5) is 29.1. The Labute approximate surface area is 151 Å². The van der Waals surface area contributed by atoms with Crippen molar-refractivity contribution in [3.63, 3.8) is 0 Å². The largest absolute Gasteiger partial charge is 0.353 e. The van der Waals surface area contributed by atoms with Gasteiger partial charge in [-0.05, 0) is 65.8 Å². The number of rotatable bonds is 3. The smallest absolute Gasteiger partial charge is 0.317 e. The highest BCUT2D eigenvalue weighted by atomic mass is 16.2. The summed E-state index contributed by atoms with van der Waals surface area (Å²) < 4.78 is 0. The predicted molar refractivity (Wildman–Crippen MR) is 98.3 cm³/mol. The highest BCUT2D eigenvalue weighted by Crippen LogP contribution is 2.26. The van der Waals surface area contributed by atoms with Gasteiger partial charge < -0.3 is 15.5 Å². The molecule has 2 saturated heterocycles. The zero-order valence-corrected chi connectivity index (χ0v) is 16.0. The lowest BCUT2D eigenvalue weighted by Gasteiger charge is -2.42. The van der Waals surface area contributed by atoms with Crippen molar-refractivity contribution in [2.75, 3.05) is 26.2 Å². The second-order valence-corrected chi connectivity index (χ2v) is 9.02. The Bertz CT molecular complexity index is 490. The van der Waals surface area contributed by atoms with Gasteiger partial charge in [0.2, 0.25) is 5.91 Å². The van der Waals surface area contributed by atoms with Gasteiger partial charge in [-0.3, -0.25) is 9.69 Å². The lowest BCUT2D eigenvalue weighted by molar-refractivity contribution is -0.127. The number of likely N-dealkylation sites (tertiary alicyclic amines) is 2. The number of carbonyl (C=O) groups excluding carboxylic acids is 2. The second kappa shape index (κ2) is 7.52. The molecule has 3 aliphatic rings. The molecule has 2 aliphatic heterocycles. The van der Waals surface area contributed by atoms with Gasteiger partial charge in [-0.15, -0.1) is 0 Å². The zero-order chi connectivity index (χ0) is 18.0. The lowest BCUT2D eigenvalue weighted by Crippen LogP contribution is -2.54. The predicted octanol–water partition coefficient (Wildman–Crippen LogP) is 1.95. The number of nitrogens with one attached hydrogen (secondary N) is 2. The van der Waals surface area contributed by atoms with E-state index in [4.69, 9.17) is 0 Å². The summed E-state index contributed by atoms with van der Waals surface area (Å²) in [6.07, 6.45) is 6.44. The molecule has 3 rings (SSSR count). The van der Waals surface area contributed by atoms with Gasteiger partial charge in [0.1, 0.15) is 0 Å². The van der Waals surface area contributed by atoms with Crippen molar-refractivity contribution in [1.29, 1.82) is 0 Å². The van der Waals surface area contributed by atoms with Gasteiger partial charge in [-0.25, -0.2) is 4.79 Å². The van der Waals surface area contributed by atoms with Crippen molar-refractivity contribution < 1.29 is 9.59 Å². The number of urea groups is 1. The lowest BCUT2D eigenvalue weighted by atomic mass is 9.93. The maximum Gasteiger partial charge on any atom is 0.317 e. The fourth-order valence-corrected chi connectivity index (χ4v) is 3.93. The summed E-state index contributed by atoms with van der Waals surface area (Å²) in [7, 11) is 0. The second-order valence-electron chi connectivity index (χ2n) is 9.02. The van der Waals surface area contributed by atoms with E-state index in [0.717, 1.165) is 64.7 Å². The molecule has 6 nitrogen and oxygen atoms in total. The average molecular weight is 351 g/mol. The monoisotopic (exact) mass is 350 g/mol. The van der Waals surface area contributed by atoms with Gasteiger partial charge in [-0.2, -0.15) is 0 Å². The van der Waals surface area contributed by atoms with Gasteiger partial charge in [0.15, 0.2) is 0 Å². The van der Waals surface area contributed by atoms with Gasteiger partial charge >= 0.3 is 6.03 Å². The SMILES string of the molecule is CC(C)(C)NC(=O)N1CCC(N2CCCC(C(=O)NC3CC3)C2)CC1. The molecule has 1 saturated carbocycles. The molecule has 0 bridgehead atoms. The first-order valence-corrected chi connectivity index (χ1v) is 9.93. The Morgan fingerprint density at radius 2 is 1.64 bits per heavy atom. The highest BCUT2D eigenvalue weighted by Gasteiger charge is 2.34. The molecular formula is C19H34N4O2. The molecule has 2 heterocycles. The van der Waals surface area contributed by atoms with Crippen LogP contribution in [0.5, 0.6) is 0 Å². The third kappa shape index (κ3) is 5.33. The van der Waals surface area contributed by atoms with E-state index in [2.05, 4.69) is 15.5 Å². The van der Waals surface area contributed by atoms with Crippen molar-refractivity contribution in [1.82, 2.24) is 20.4 Å². The van der Waals surface area contributed by atoms with Crippen LogP contribution in [-0.4, -0.2) is 65.5 Å². The van der Waals surface area contributed by atoms with E-state index in [-0.39, 0.29) is 23.4 Å². The standard InChI is InChI=1S/C19H34N4O2/c1-19(2,3)21-18(25)22-11-8-16(9-12-22)23-10-4-5-14(13-23)17(24)20-15-6-7-15/h14-16H,4-13H2,1-3H3,(H,20,24)(H,21,25). The van der Waals surface area contributed by atoms with E-state index in [1.807, 2.05) is 25.7 Å². The Balaban J connectivity index is 1.45. The summed E-state index contributed by atoms with van der Waals surface area (Å²) in [6, 6.07) is 1.01. The first-order chi connectivity index (χ1) is 11.8. The number of piperidine rings is 2. The topological polar surface area (TPSA) is 64.7 Å². The maximum absolute atomic E-state index is 12.4. The number of hydrogen-bond acceptors (Lipinski definition) is 3. The zero-order valence-electron chi connectivity index (χ0n) is 16.0. The highest BCUT2D eigenvalue weighted by molar-refractivity contribution is 5.79. The summed E-state index contributed by atoms with van der Waals surface area (Å²) in [6.45, 7) is 9.63. The van der Waals surface area contributed by atoms with E-state index in [9.17, 15) is 9.59 Å². The number of hydrogen-bond donors (Lipinski definition) is 2. The first kappa shape index (κ1) is 18.5. The fraction of sp³-hybridized carbons (Fsp3) is 0.895. The van der Waals surface area contributed by atoms with Gasteiger partial charge in [0.25, 0.3) is 0 Å². The van der Waals surface area contributed by atoms with Crippen LogP contribution in [0.15, 0.2) is 0 Å². The molecule has 1 aliphatic carbocycles. The summed E-state index contributed by atoms with van der Waals surface area (Å²) in [5.41, 5.74) is -0.192. The Morgan fingerprint density at radius 1 is 0.960 bits per heavy atom. The van der Waals surface area contributed by atoms with Crippen molar-refractivity contribution in [3.8, 4) is 0 Å². The fourth-order valence-electron chi connectivity index (χ4n) is 3.93.